The largest absolute Gasteiger partial charge is 0.497 e. The molecule has 0 saturated heterocycles. The van der Waals surface area contributed by atoms with Crippen LogP contribution in [-0.2, 0) is 16.0 Å². The van der Waals surface area contributed by atoms with Crippen LogP contribution in [0, 0.1) is 19.3 Å². The fourth-order valence-electron chi connectivity index (χ4n) is 4.48. The van der Waals surface area contributed by atoms with Crippen LogP contribution >= 0.6 is 0 Å². The van der Waals surface area contributed by atoms with Gasteiger partial charge in [0.15, 0.2) is 0 Å². The first kappa shape index (κ1) is 26.5. The Hall–Kier alpha value is -4.59. The minimum Gasteiger partial charge on any atom is -0.497 e. The summed E-state index contributed by atoms with van der Waals surface area (Å²) < 4.78 is 11.1. The van der Waals surface area contributed by atoms with Crippen molar-refractivity contribution in [3.63, 3.8) is 0 Å². The topological polar surface area (TPSA) is 123 Å². The van der Waals surface area contributed by atoms with Gasteiger partial charge in [0.1, 0.15) is 17.3 Å². The molecule has 4 rings (SSSR count). The molecule has 3 aromatic carbocycles. The number of nitrogens with zero attached hydrogens (tertiary/aromatic N) is 2. The summed E-state index contributed by atoms with van der Waals surface area (Å²) in [5.74, 6) is 6.85. The fourth-order valence-corrected chi connectivity index (χ4v) is 4.48. The number of H-pyrrole nitrogens is 1. The average molecular weight is 513 g/mol. The number of hydrogen-bond acceptors (Lipinski definition) is 6. The zero-order valence-corrected chi connectivity index (χ0v) is 22.3. The van der Waals surface area contributed by atoms with Crippen LogP contribution < -0.4 is 10.6 Å². The van der Waals surface area contributed by atoms with Crippen molar-refractivity contribution in [1.82, 2.24) is 9.97 Å². The molecule has 0 spiro atoms. The second-order valence-corrected chi connectivity index (χ2v) is 9.98. The third-order valence-corrected chi connectivity index (χ3v) is 6.53. The Labute approximate surface area is 221 Å². The van der Waals surface area contributed by atoms with Gasteiger partial charge >= 0.3 is 5.97 Å². The highest BCUT2D eigenvalue weighted by atomic mass is 16.5. The van der Waals surface area contributed by atoms with Crippen molar-refractivity contribution in [2.24, 2.45) is 16.4 Å². The maximum Gasteiger partial charge on any atom is 0.309 e. The molecule has 4 N–H and O–H groups in total. The number of nitrogens with two attached hydrogens (primary N) is 1. The lowest BCUT2D eigenvalue weighted by Gasteiger charge is -2.20. The number of aryl methyl sites for hydroxylation is 2. The summed E-state index contributed by atoms with van der Waals surface area (Å²) in [4.78, 5) is 19.8. The number of carboxylic acid groups (broad SMARTS) is 1. The van der Waals surface area contributed by atoms with Gasteiger partial charge in [-0.1, -0.05) is 18.7 Å². The molecule has 0 aliphatic heterocycles. The number of carboxylic acids is 1. The van der Waals surface area contributed by atoms with Crippen LogP contribution in [0.25, 0.3) is 28.2 Å². The minimum atomic E-state index is -0.845. The van der Waals surface area contributed by atoms with E-state index in [4.69, 9.17) is 20.3 Å². The smallest absolute Gasteiger partial charge is 0.309 e. The van der Waals surface area contributed by atoms with Crippen molar-refractivity contribution in [3.05, 3.63) is 89.0 Å². The molecule has 8 heteroatoms. The Kier molecular flexibility index (Phi) is 7.26. The monoisotopic (exact) mass is 512 g/mol. The van der Waals surface area contributed by atoms with Gasteiger partial charge in [0.05, 0.1) is 23.6 Å². The highest BCUT2D eigenvalue weighted by Gasteiger charge is 2.28. The molecule has 4 aromatic rings. The van der Waals surface area contributed by atoms with Gasteiger partial charge in [-0.15, -0.1) is 5.10 Å². The first-order valence-corrected chi connectivity index (χ1v) is 12.2. The summed E-state index contributed by atoms with van der Waals surface area (Å²) >= 11 is 0. The van der Waals surface area contributed by atoms with Crippen LogP contribution in [0.2, 0.25) is 0 Å². The van der Waals surface area contributed by atoms with E-state index in [1.54, 1.807) is 45.2 Å². The zero-order chi connectivity index (χ0) is 27.6. The van der Waals surface area contributed by atoms with Gasteiger partial charge < -0.3 is 25.4 Å². The quantitative estimate of drug-likeness (QED) is 0.0899. The van der Waals surface area contributed by atoms with Gasteiger partial charge in [-0.05, 0) is 93.3 Å². The third kappa shape index (κ3) is 5.39. The predicted molar refractivity (Wildman–Crippen MR) is 150 cm³/mol. The van der Waals surface area contributed by atoms with Gasteiger partial charge in [0.25, 0.3) is 0 Å². The summed E-state index contributed by atoms with van der Waals surface area (Å²) in [6.07, 6.45) is 0.445. The van der Waals surface area contributed by atoms with E-state index in [0.29, 0.717) is 23.5 Å². The molecular weight excluding hydrogens is 480 g/mol. The molecule has 0 amide bonds. The van der Waals surface area contributed by atoms with Crippen molar-refractivity contribution in [3.8, 4) is 17.1 Å². The number of rotatable bonds is 8. The van der Waals surface area contributed by atoms with Crippen LogP contribution in [0.3, 0.4) is 0 Å². The number of aromatic amines is 1. The van der Waals surface area contributed by atoms with E-state index in [1.165, 1.54) is 0 Å². The van der Waals surface area contributed by atoms with Gasteiger partial charge in [-0.25, -0.2) is 4.98 Å². The molecule has 0 saturated carbocycles. The van der Waals surface area contributed by atoms with Crippen LogP contribution in [0.15, 0.2) is 66.3 Å². The molecule has 1 aromatic heterocycles. The first-order valence-electron chi connectivity index (χ1n) is 12.2. The molecule has 196 valence electrons. The highest BCUT2D eigenvalue weighted by molar-refractivity contribution is 5.97. The lowest BCUT2D eigenvalue weighted by molar-refractivity contribution is -0.146. The Morgan fingerprint density at radius 2 is 1.71 bits per heavy atom. The van der Waals surface area contributed by atoms with Gasteiger partial charge in [0.2, 0.25) is 5.90 Å². The van der Waals surface area contributed by atoms with Crippen LogP contribution in [0.1, 0.15) is 41.7 Å². The zero-order valence-electron chi connectivity index (χ0n) is 22.3. The summed E-state index contributed by atoms with van der Waals surface area (Å²) in [5.41, 5.74) is 6.24. The Bertz CT molecular complexity index is 1530. The van der Waals surface area contributed by atoms with Gasteiger partial charge in [-0.2, -0.15) is 0 Å². The molecule has 0 bridgehead atoms. The van der Waals surface area contributed by atoms with Crippen molar-refractivity contribution in [1.29, 1.82) is 0 Å². The number of fused-ring (bicyclic) bond motifs is 1. The third-order valence-electron chi connectivity index (χ3n) is 6.53. The molecular formula is C30H32N4O4. The maximum absolute atomic E-state index is 11.6. The maximum atomic E-state index is 11.6. The molecule has 1 heterocycles. The van der Waals surface area contributed by atoms with Crippen molar-refractivity contribution < 1.29 is 19.4 Å². The Balaban J connectivity index is 1.59. The van der Waals surface area contributed by atoms with Crippen molar-refractivity contribution >= 4 is 28.7 Å². The molecule has 0 atom stereocenters. The number of hydrogen-bond donors (Lipinski definition) is 3. The molecule has 0 aliphatic rings. The number of methoxy groups -OCH3 is 1. The number of imidazole rings is 1. The van der Waals surface area contributed by atoms with E-state index in [1.807, 2.05) is 44.2 Å². The highest BCUT2D eigenvalue weighted by Crippen LogP contribution is 2.32. The van der Waals surface area contributed by atoms with E-state index in [9.17, 15) is 9.90 Å². The second-order valence-electron chi connectivity index (χ2n) is 9.98. The second kappa shape index (κ2) is 10.4. The van der Waals surface area contributed by atoms with E-state index < -0.39 is 11.4 Å². The number of hydrazone groups is 1. The summed E-state index contributed by atoms with van der Waals surface area (Å²) in [6, 6.07) is 17.0. The molecule has 0 unspecified atom stereocenters. The van der Waals surface area contributed by atoms with E-state index in [0.717, 1.165) is 44.7 Å². The van der Waals surface area contributed by atoms with Gasteiger partial charge in [-0.3, -0.25) is 4.79 Å². The number of ether oxygens (including phenoxy) is 2. The molecule has 38 heavy (non-hydrogen) atoms. The fraction of sp³-hybridized carbons (Fsp3) is 0.233. The lowest BCUT2D eigenvalue weighted by Crippen LogP contribution is -2.26. The average Bonchev–Trinajstić information content (AvgIpc) is 3.29. The van der Waals surface area contributed by atoms with Crippen LogP contribution in [-0.4, -0.2) is 34.1 Å². The first-order chi connectivity index (χ1) is 18.0. The number of benzene rings is 3. The molecule has 0 radical (unpaired) electrons. The van der Waals surface area contributed by atoms with Crippen molar-refractivity contribution in [2.75, 3.05) is 7.11 Å². The number of nitrogens with one attached hydrogen (secondary N) is 1. The van der Waals surface area contributed by atoms with E-state index in [2.05, 4.69) is 16.7 Å². The lowest BCUT2D eigenvalue weighted by atomic mass is 9.84. The summed E-state index contributed by atoms with van der Waals surface area (Å²) in [6.45, 7) is 11.6. The normalized spacial score (nSPS) is 12.0. The number of aromatic nitrogens is 2. The summed E-state index contributed by atoms with van der Waals surface area (Å²) in [5, 5.41) is 13.3. The van der Waals surface area contributed by atoms with Crippen molar-refractivity contribution in [2.45, 2.75) is 34.1 Å². The van der Waals surface area contributed by atoms with Crippen LogP contribution in [0.5, 0.6) is 5.75 Å². The molecule has 8 nitrogen and oxygen atoms in total. The number of carbonyl (C=O) groups is 1. The Morgan fingerprint density at radius 1 is 1.08 bits per heavy atom. The summed E-state index contributed by atoms with van der Waals surface area (Å²) in [7, 11) is 1.60. The Morgan fingerprint density at radius 3 is 2.29 bits per heavy atom. The van der Waals surface area contributed by atoms with Gasteiger partial charge in [0, 0.05) is 16.7 Å². The number of aliphatic carboxylic acids is 1. The SMILES string of the molecule is C=C(O/C(=N\N)c1ccc(OC)cc1)c1ccc2[nH]c(-c3c(C)cc(CC(C)(C)C(=O)O)cc3C)nc2c1. The van der Waals surface area contributed by atoms with E-state index >= 15 is 0 Å². The molecule has 0 aliphatic carbocycles. The minimum absolute atomic E-state index is 0.234. The van der Waals surface area contributed by atoms with E-state index in [-0.39, 0.29) is 5.90 Å². The molecule has 0 fully saturated rings. The van der Waals surface area contributed by atoms with Crippen LogP contribution in [0.4, 0.5) is 0 Å². The predicted octanol–water partition coefficient (Wildman–Crippen LogP) is 5.82. The standard InChI is InChI=1S/C30H32N4O4/c1-17-13-20(16-30(4,5)29(35)36)14-18(2)26(17)27-32-24-12-9-22(15-25(24)33-27)19(3)38-28(34-31)21-7-10-23(37-6)11-8-21/h7-15H,3,16,31H2,1-2,4-6H3,(H,32,33)(H,35,36)/b34-28-.